The van der Waals surface area contributed by atoms with Crippen LogP contribution in [-0.4, -0.2) is 0 Å². The Morgan fingerprint density at radius 2 is 1.75 bits per heavy atom. The summed E-state index contributed by atoms with van der Waals surface area (Å²) in [6.45, 7) is 8.49. The van der Waals surface area contributed by atoms with Gasteiger partial charge in [-0.05, 0) is 38.8 Å². The van der Waals surface area contributed by atoms with Gasteiger partial charge in [-0.3, -0.25) is 0 Å². The molecule has 0 aliphatic heterocycles. The lowest BCUT2D eigenvalue weighted by atomic mass is 9.96. The van der Waals surface area contributed by atoms with Gasteiger partial charge in [0.15, 0.2) is 0 Å². The molecular weight excluding hydrogens is 164 g/mol. The maximum absolute atomic E-state index is 4.55. The summed E-state index contributed by atoms with van der Waals surface area (Å²) >= 11 is 4.55. The van der Waals surface area contributed by atoms with Crippen LogP contribution in [0.25, 0.3) is 0 Å². The molecule has 0 fully saturated rings. The van der Waals surface area contributed by atoms with E-state index >= 15 is 0 Å². The first kappa shape index (κ1) is 9.66. The number of aryl methyl sites for hydroxylation is 2. The summed E-state index contributed by atoms with van der Waals surface area (Å²) in [5.41, 5.74) is 3.96. The van der Waals surface area contributed by atoms with E-state index in [1.165, 1.54) is 16.7 Å². The van der Waals surface area contributed by atoms with Gasteiger partial charge in [0.05, 0.1) is 0 Å². The monoisotopic (exact) mass is 180 g/mol. The zero-order valence-corrected chi connectivity index (χ0v) is 9.07. The Labute approximate surface area is 80.4 Å². The topological polar surface area (TPSA) is 0 Å². The van der Waals surface area contributed by atoms with E-state index in [1.807, 2.05) is 0 Å². The van der Waals surface area contributed by atoms with Crippen molar-refractivity contribution in [1.82, 2.24) is 0 Å². The minimum atomic E-state index is -0.0300. The molecule has 66 valence electrons. The van der Waals surface area contributed by atoms with Gasteiger partial charge in [-0.25, -0.2) is 0 Å². The van der Waals surface area contributed by atoms with E-state index in [2.05, 4.69) is 58.5 Å². The molecule has 0 bridgehead atoms. The fourth-order valence-electron chi connectivity index (χ4n) is 1.50. The number of hydrogen-bond acceptors (Lipinski definition) is 1. The van der Waals surface area contributed by atoms with Crippen LogP contribution in [0.1, 0.15) is 30.5 Å². The predicted octanol–water partition coefficient (Wildman–Crippen LogP) is 3.47. The molecule has 0 heterocycles. The fraction of sp³-hybridized carbons (Fsp3) is 0.455. The van der Waals surface area contributed by atoms with Crippen molar-refractivity contribution in [3.63, 3.8) is 0 Å². The van der Waals surface area contributed by atoms with Crippen LogP contribution in [-0.2, 0) is 4.75 Å². The molecule has 0 nitrogen and oxygen atoms in total. The van der Waals surface area contributed by atoms with Crippen molar-refractivity contribution in [2.24, 2.45) is 0 Å². The summed E-state index contributed by atoms with van der Waals surface area (Å²) in [6.07, 6.45) is 0. The average molecular weight is 180 g/mol. The molecule has 1 aromatic carbocycles. The van der Waals surface area contributed by atoms with Crippen LogP contribution in [0.15, 0.2) is 18.2 Å². The second-order valence-electron chi connectivity index (χ2n) is 3.88. The molecule has 0 aliphatic carbocycles. The quantitative estimate of drug-likeness (QED) is 0.629. The predicted molar refractivity (Wildman–Crippen MR) is 57.9 cm³/mol. The smallest absolute Gasteiger partial charge is 0.0324 e. The average Bonchev–Trinajstić information content (AvgIpc) is 1.83. The largest absolute Gasteiger partial charge is 0.168 e. The normalized spacial score (nSPS) is 11.8. The first-order valence-electron chi connectivity index (χ1n) is 4.21. The van der Waals surface area contributed by atoms with E-state index in [9.17, 15) is 0 Å². The van der Waals surface area contributed by atoms with Crippen molar-refractivity contribution in [2.75, 3.05) is 0 Å². The van der Waals surface area contributed by atoms with Crippen molar-refractivity contribution < 1.29 is 0 Å². The van der Waals surface area contributed by atoms with E-state index in [-0.39, 0.29) is 4.75 Å². The number of benzene rings is 1. The van der Waals surface area contributed by atoms with Gasteiger partial charge >= 0.3 is 0 Å². The van der Waals surface area contributed by atoms with E-state index < -0.39 is 0 Å². The van der Waals surface area contributed by atoms with E-state index in [0.29, 0.717) is 0 Å². The highest BCUT2D eigenvalue weighted by molar-refractivity contribution is 7.81. The lowest BCUT2D eigenvalue weighted by Gasteiger charge is -2.20. The Kier molecular flexibility index (Phi) is 2.52. The van der Waals surface area contributed by atoms with Gasteiger partial charge in [-0.1, -0.05) is 23.8 Å². The standard InChI is InChI=1S/C11H16S/c1-8-5-6-10(9(2)7-8)11(3,4)12/h5-7,12H,1-4H3. The zero-order valence-electron chi connectivity index (χ0n) is 8.18. The van der Waals surface area contributed by atoms with Crippen molar-refractivity contribution >= 4 is 12.6 Å². The van der Waals surface area contributed by atoms with E-state index in [1.54, 1.807) is 0 Å². The van der Waals surface area contributed by atoms with Crippen molar-refractivity contribution in [1.29, 1.82) is 0 Å². The Morgan fingerprint density at radius 3 is 2.17 bits per heavy atom. The van der Waals surface area contributed by atoms with Crippen LogP contribution in [0.4, 0.5) is 0 Å². The second-order valence-corrected chi connectivity index (χ2v) is 5.00. The van der Waals surface area contributed by atoms with Crippen LogP contribution >= 0.6 is 12.6 Å². The van der Waals surface area contributed by atoms with Gasteiger partial charge in [0.1, 0.15) is 0 Å². The molecule has 0 saturated carbocycles. The number of thiol groups is 1. The lowest BCUT2D eigenvalue weighted by Crippen LogP contribution is -2.09. The summed E-state index contributed by atoms with van der Waals surface area (Å²) in [6, 6.07) is 6.51. The SMILES string of the molecule is Cc1ccc(C(C)(C)S)c(C)c1. The van der Waals surface area contributed by atoms with Crippen LogP contribution < -0.4 is 0 Å². The van der Waals surface area contributed by atoms with Crippen molar-refractivity contribution in [3.05, 3.63) is 34.9 Å². The number of hydrogen-bond donors (Lipinski definition) is 1. The summed E-state index contributed by atoms with van der Waals surface area (Å²) < 4.78 is -0.0300. The molecule has 1 rings (SSSR count). The fourth-order valence-corrected chi connectivity index (χ4v) is 1.75. The maximum Gasteiger partial charge on any atom is 0.0324 e. The summed E-state index contributed by atoms with van der Waals surface area (Å²) in [5, 5.41) is 0. The molecule has 12 heavy (non-hydrogen) atoms. The van der Waals surface area contributed by atoms with E-state index in [4.69, 9.17) is 0 Å². The summed E-state index contributed by atoms with van der Waals surface area (Å²) in [5.74, 6) is 0. The van der Waals surface area contributed by atoms with E-state index in [0.717, 1.165) is 0 Å². The molecule has 0 amide bonds. The minimum absolute atomic E-state index is 0.0300. The maximum atomic E-state index is 4.55. The highest BCUT2D eigenvalue weighted by Gasteiger charge is 2.16. The first-order valence-corrected chi connectivity index (χ1v) is 4.66. The molecule has 1 aromatic rings. The highest BCUT2D eigenvalue weighted by atomic mass is 32.1. The van der Waals surface area contributed by atoms with Crippen LogP contribution in [0.5, 0.6) is 0 Å². The minimum Gasteiger partial charge on any atom is -0.168 e. The van der Waals surface area contributed by atoms with Gasteiger partial charge in [-0.2, -0.15) is 12.6 Å². The Bertz CT molecular complexity index is 282. The molecule has 0 unspecified atom stereocenters. The third kappa shape index (κ3) is 2.04. The molecule has 0 N–H and O–H groups in total. The molecule has 0 spiro atoms. The Balaban J connectivity index is 3.19. The van der Waals surface area contributed by atoms with Crippen LogP contribution in [0, 0.1) is 13.8 Å². The van der Waals surface area contributed by atoms with Crippen LogP contribution in [0.3, 0.4) is 0 Å². The highest BCUT2D eigenvalue weighted by Crippen LogP contribution is 2.29. The third-order valence-corrected chi connectivity index (χ3v) is 2.28. The lowest BCUT2D eigenvalue weighted by molar-refractivity contribution is 0.782. The molecule has 0 atom stereocenters. The van der Waals surface area contributed by atoms with Gasteiger partial charge in [0.2, 0.25) is 0 Å². The van der Waals surface area contributed by atoms with Crippen molar-refractivity contribution in [2.45, 2.75) is 32.4 Å². The zero-order chi connectivity index (χ0) is 9.35. The Morgan fingerprint density at radius 1 is 1.17 bits per heavy atom. The second kappa shape index (κ2) is 3.14. The van der Waals surface area contributed by atoms with Gasteiger partial charge in [0, 0.05) is 4.75 Å². The summed E-state index contributed by atoms with van der Waals surface area (Å²) in [7, 11) is 0. The molecular formula is C11H16S. The summed E-state index contributed by atoms with van der Waals surface area (Å²) in [4.78, 5) is 0. The van der Waals surface area contributed by atoms with Gasteiger partial charge in [0.25, 0.3) is 0 Å². The molecule has 0 aliphatic rings. The number of rotatable bonds is 1. The van der Waals surface area contributed by atoms with Crippen LogP contribution in [0.2, 0.25) is 0 Å². The molecule has 0 radical (unpaired) electrons. The molecule has 0 aromatic heterocycles. The first-order chi connectivity index (χ1) is 5.41. The Hall–Kier alpha value is -0.430. The molecule has 0 saturated heterocycles. The van der Waals surface area contributed by atoms with Gasteiger partial charge < -0.3 is 0 Å². The van der Waals surface area contributed by atoms with Gasteiger partial charge in [-0.15, -0.1) is 0 Å². The third-order valence-electron chi connectivity index (χ3n) is 2.04. The molecule has 1 heteroatoms. The van der Waals surface area contributed by atoms with Crippen molar-refractivity contribution in [3.8, 4) is 0 Å².